The zero-order valence-corrected chi connectivity index (χ0v) is 13.2. The van der Waals surface area contributed by atoms with Crippen molar-refractivity contribution in [2.45, 2.75) is 31.9 Å². The van der Waals surface area contributed by atoms with Gasteiger partial charge in [-0.2, -0.15) is 5.10 Å². The van der Waals surface area contributed by atoms with E-state index in [2.05, 4.69) is 10.4 Å². The summed E-state index contributed by atoms with van der Waals surface area (Å²) in [6, 6.07) is 4.25. The lowest BCUT2D eigenvalue weighted by atomic mass is 9.75. The Bertz CT molecular complexity index is 722. The van der Waals surface area contributed by atoms with Gasteiger partial charge in [-0.05, 0) is 43.4 Å². The third kappa shape index (κ3) is 3.12. The van der Waals surface area contributed by atoms with Crippen molar-refractivity contribution in [3.05, 3.63) is 53.1 Å². The molecule has 1 aliphatic rings. The van der Waals surface area contributed by atoms with Crippen LogP contribution in [0.4, 0.5) is 4.39 Å². The molecule has 2 aromatic rings. The Labute approximate surface area is 134 Å². The molecule has 6 heteroatoms. The van der Waals surface area contributed by atoms with E-state index in [1.807, 2.05) is 13.2 Å². The molecule has 0 aliphatic heterocycles. The van der Waals surface area contributed by atoms with Crippen molar-refractivity contribution in [3.63, 3.8) is 0 Å². The SMILES string of the molecule is Cc1c(F)cccc1C(=O)N[C@H](c1cnn(C)c1)C1CC(O)C1. The number of benzene rings is 1. The van der Waals surface area contributed by atoms with E-state index in [-0.39, 0.29) is 24.0 Å². The number of aliphatic hydroxyl groups excluding tert-OH is 1. The number of carbonyl (C=O) groups excluding carboxylic acids is 1. The van der Waals surface area contributed by atoms with Gasteiger partial charge < -0.3 is 10.4 Å². The van der Waals surface area contributed by atoms with Gasteiger partial charge in [-0.3, -0.25) is 9.48 Å². The predicted octanol–water partition coefficient (Wildman–Crippen LogP) is 2.11. The number of nitrogens with zero attached hydrogens (tertiary/aromatic N) is 2. The molecular weight excluding hydrogens is 297 g/mol. The number of amides is 1. The molecule has 122 valence electrons. The maximum Gasteiger partial charge on any atom is 0.252 e. The fourth-order valence-electron chi connectivity index (χ4n) is 3.05. The van der Waals surface area contributed by atoms with Gasteiger partial charge in [0.1, 0.15) is 5.82 Å². The van der Waals surface area contributed by atoms with Crippen LogP contribution in [0.15, 0.2) is 30.6 Å². The summed E-state index contributed by atoms with van der Waals surface area (Å²) in [5.74, 6) is -0.543. The highest BCUT2D eigenvalue weighted by Crippen LogP contribution is 2.38. The Morgan fingerprint density at radius 2 is 2.22 bits per heavy atom. The monoisotopic (exact) mass is 317 g/mol. The number of aryl methyl sites for hydroxylation is 1. The summed E-state index contributed by atoms with van der Waals surface area (Å²) in [4.78, 5) is 12.6. The molecule has 3 rings (SSSR count). The normalized spacial score (nSPS) is 21.6. The van der Waals surface area contributed by atoms with Crippen LogP contribution in [0.2, 0.25) is 0 Å². The lowest BCUT2D eigenvalue weighted by Gasteiger charge is -2.37. The summed E-state index contributed by atoms with van der Waals surface area (Å²) in [6.07, 6.45) is 4.54. The van der Waals surface area contributed by atoms with Crippen molar-refractivity contribution in [2.24, 2.45) is 13.0 Å². The van der Waals surface area contributed by atoms with E-state index in [1.165, 1.54) is 12.1 Å². The Balaban J connectivity index is 1.83. The zero-order chi connectivity index (χ0) is 16.6. The van der Waals surface area contributed by atoms with Gasteiger partial charge in [-0.15, -0.1) is 0 Å². The van der Waals surface area contributed by atoms with Gasteiger partial charge in [-0.1, -0.05) is 6.07 Å². The van der Waals surface area contributed by atoms with Crippen LogP contribution in [0.1, 0.15) is 40.4 Å². The van der Waals surface area contributed by atoms with Crippen LogP contribution in [-0.2, 0) is 7.05 Å². The van der Waals surface area contributed by atoms with Crippen LogP contribution >= 0.6 is 0 Å². The second kappa shape index (κ2) is 6.12. The molecule has 1 atom stereocenters. The number of aromatic nitrogens is 2. The zero-order valence-electron chi connectivity index (χ0n) is 13.2. The smallest absolute Gasteiger partial charge is 0.252 e. The minimum atomic E-state index is -0.394. The number of nitrogens with one attached hydrogen (secondary N) is 1. The molecule has 1 saturated carbocycles. The van der Waals surface area contributed by atoms with Gasteiger partial charge in [0.15, 0.2) is 0 Å². The van der Waals surface area contributed by atoms with Gasteiger partial charge >= 0.3 is 0 Å². The van der Waals surface area contributed by atoms with E-state index in [9.17, 15) is 14.3 Å². The molecule has 1 fully saturated rings. The molecule has 1 amide bonds. The molecule has 0 unspecified atom stereocenters. The average Bonchev–Trinajstić information content (AvgIpc) is 2.91. The molecule has 2 N–H and O–H groups in total. The summed E-state index contributed by atoms with van der Waals surface area (Å²) in [5.41, 5.74) is 1.56. The molecule has 23 heavy (non-hydrogen) atoms. The Morgan fingerprint density at radius 3 is 2.83 bits per heavy atom. The average molecular weight is 317 g/mol. The first-order valence-corrected chi connectivity index (χ1v) is 7.68. The van der Waals surface area contributed by atoms with Gasteiger partial charge in [0, 0.05) is 24.4 Å². The number of rotatable bonds is 4. The maximum atomic E-state index is 13.7. The molecule has 0 spiro atoms. The van der Waals surface area contributed by atoms with Crippen molar-refractivity contribution in [1.82, 2.24) is 15.1 Å². The minimum Gasteiger partial charge on any atom is -0.393 e. The maximum absolute atomic E-state index is 13.7. The quantitative estimate of drug-likeness (QED) is 0.907. The first-order valence-electron chi connectivity index (χ1n) is 7.68. The third-order valence-electron chi connectivity index (χ3n) is 4.50. The lowest BCUT2D eigenvalue weighted by Crippen LogP contribution is -2.41. The van der Waals surface area contributed by atoms with Crippen molar-refractivity contribution in [2.75, 3.05) is 0 Å². The number of halogens is 1. The standard InChI is InChI=1S/C17H20FN3O2/c1-10-14(4-3-5-15(10)18)17(23)20-16(11-6-13(22)7-11)12-8-19-21(2)9-12/h3-5,8-9,11,13,16,22H,6-7H2,1-2H3,(H,20,23)/t11?,13?,16-/m0/s1. The number of carbonyl (C=O) groups is 1. The van der Waals surface area contributed by atoms with E-state index in [4.69, 9.17) is 0 Å². The van der Waals surface area contributed by atoms with Crippen LogP contribution in [0.5, 0.6) is 0 Å². The fourth-order valence-corrected chi connectivity index (χ4v) is 3.05. The molecule has 1 aromatic carbocycles. The Morgan fingerprint density at radius 1 is 1.48 bits per heavy atom. The van der Waals surface area contributed by atoms with Crippen molar-refractivity contribution < 1.29 is 14.3 Å². The van der Waals surface area contributed by atoms with E-state index in [1.54, 1.807) is 23.9 Å². The third-order valence-corrected chi connectivity index (χ3v) is 4.50. The van der Waals surface area contributed by atoms with Gasteiger partial charge in [0.05, 0.1) is 18.3 Å². The van der Waals surface area contributed by atoms with Crippen molar-refractivity contribution >= 4 is 5.91 Å². The summed E-state index contributed by atoms with van der Waals surface area (Å²) >= 11 is 0. The van der Waals surface area contributed by atoms with Gasteiger partial charge in [0.25, 0.3) is 5.91 Å². The topological polar surface area (TPSA) is 67.2 Å². The molecule has 1 aliphatic carbocycles. The lowest BCUT2D eigenvalue weighted by molar-refractivity contribution is 0.0235. The minimum absolute atomic E-state index is 0.159. The van der Waals surface area contributed by atoms with Crippen molar-refractivity contribution in [3.8, 4) is 0 Å². The number of hydrogen-bond acceptors (Lipinski definition) is 3. The van der Waals surface area contributed by atoms with Crippen LogP contribution in [0, 0.1) is 18.7 Å². The largest absolute Gasteiger partial charge is 0.393 e. The molecular formula is C17H20FN3O2. The molecule has 0 radical (unpaired) electrons. The van der Waals surface area contributed by atoms with E-state index in [0.29, 0.717) is 24.0 Å². The molecule has 1 aromatic heterocycles. The first-order chi connectivity index (χ1) is 11.0. The molecule has 0 bridgehead atoms. The molecule has 1 heterocycles. The van der Waals surface area contributed by atoms with Gasteiger partial charge in [0.2, 0.25) is 0 Å². The Kier molecular flexibility index (Phi) is 4.17. The summed E-state index contributed by atoms with van der Waals surface area (Å²) in [7, 11) is 1.81. The van der Waals surface area contributed by atoms with Crippen LogP contribution in [0.25, 0.3) is 0 Å². The van der Waals surface area contributed by atoms with Crippen LogP contribution < -0.4 is 5.32 Å². The first kappa shape index (κ1) is 15.7. The van der Waals surface area contributed by atoms with E-state index >= 15 is 0 Å². The highest BCUT2D eigenvalue weighted by molar-refractivity contribution is 5.95. The van der Waals surface area contributed by atoms with Crippen LogP contribution in [-0.4, -0.2) is 26.9 Å². The van der Waals surface area contributed by atoms with E-state index in [0.717, 1.165) is 5.56 Å². The summed E-state index contributed by atoms with van der Waals surface area (Å²) in [5, 5.41) is 16.7. The highest BCUT2D eigenvalue weighted by Gasteiger charge is 2.36. The predicted molar refractivity (Wildman–Crippen MR) is 83.3 cm³/mol. The molecule has 0 saturated heterocycles. The second-order valence-corrected chi connectivity index (χ2v) is 6.20. The number of hydrogen-bond donors (Lipinski definition) is 2. The second-order valence-electron chi connectivity index (χ2n) is 6.20. The Hall–Kier alpha value is -2.21. The number of aliphatic hydroxyl groups is 1. The molecule has 5 nitrogen and oxygen atoms in total. The van der Waals surface area contributed by atoms with Crippen molar-refractivity contribution in [1.29, 1.82) is 0 Å². The highest BCUT2D eigenvalue weighted by atomic mass is 19.1. The van der Waals surface area contributed by atoms with Crippen LogP contribution in [0.3, 0.4) is 0 Å². The van der Waals surface area contributed by atoms with Gasteiger partial charge in [-0.25, -0.2) is 4.39 Å². The van der Waals surface area contributed by atoms with E-state index < -0.39 is 5.82 Å². The summed E-state index contributed by atoms with van der Waals surface area (Å²) in [6.45, 7) is 1.59. The fraction of sp³-hybridized carbons (Fsp3) is 0.412. The summed E-state index contributed by atoms with van der Waals surface area (Å²) < 4.78 is 15.3.